The van der Waals surface area contributed by atoms with Gasteiger partial charge in [-0.05, 0) is 30.7 Å². The molecule has 94 valence electrons. The molecule has 4 heteroatoms. The van der Waals surface area contributed by atoms with E-state index in [0.29, 0.717) is 6.04 Å². The van der Waals surface area contributed by atoms with Crippen molar-refractivity contribution >= 4 is 17.4 Å². The van der Waals surface area contributed by atoms with Gasteiger partial charge < -0.3 is 10.2 Å². The Hall–Kier alpha value is -1.18. The molecule has 2 atom stereocenters. The summed E-state index contributed by atoms with van der Waals surface area (Å²) in [4.78, 5) is 3.52. The second-order valence-electron chi connectivity index (χ2n) is 4.93. The van der Waals surface area contributed by atoms with Crippen LogP contribution in [0.1, 0.15) is 12.0 Å². The Morgan fingerprint density at radius 1 is 1.44 bits per heavy atom. The van der Waals surface area contributed by atoms with Gasteiger partial charge in [-0.3, -0.25) is 0 Å². The fraction of sp³-hybridized carbons (Fsp3) is 0.500. The molecule has 2 heterocycles. The number of anilines is 1. The lowest BCUT2D eigenvalue weighted by Gasteiger charge is -2.27. The molecule has 2 aliphatic rings. The minimum atomic E-state index is 0.578. The van der Waals surface area contributed by atoms with Gasteiger partial charge in [0.2, 0.25) is 0 Å². The van der Waals surface area contributed by atoms with Gasteiger partial charge in [0.15, 0.2) is 0 Å². The molecule has 0 amide bonds. The topological polar surface area (TPSA) is 39.1 Å². The van der Waals surface area contributed by atoms with Crippen LogP contribution in [0.3, 0.4) is 0 Å². The molecule has 0 bridgehead atoms. The molecule has 0 unspecified atom stereocenters. The Labute approximate surface area is 112 Å². The van der Waals surface area contributed by atoms with Crippen molar-refractivity contribution in [3.63, 3.8) is 0 Å². The maximum Gasteiger partial charge on any atom is 0.103 e. The molecule has 18 heavy (non-hydrogen) atoms. The number of thioether (sulfide) groups is 1. The third-order valence-electron chi connectivity index (χ3n) is 4.09. The molecule has 0 radical (unpaired) electrons. The van der Waals surface area contributed by atoms with Gasteiger partial charge in [0.05, 0.1) is 11.3 Å². The lowest BCUT2D eigenvalue weighted by atomic mass is 10.0. The van der Waals surface area contributed by atoms with Crippen LogP contribution in [0.25, 0.3) is 0 Å². The smallest absolute Gasteiger partial charge is 0.103 e. The van der Waals surface area contributed by atoms with Crippen LogP contribution in [0.15, 0.2) is 23.1 Å². The van der Waals surface area contributed by atoms with Crippen LogP contribution in [0.5, 0.6) is 0 Å². The van der Waals surface area contributed by atoms with E-state index in [1.54, 1.807) is 11.8 Å². The summed E-state index contributed by atoms with van der Waals surface area (Å²) in [5, 5.41) is 12.9. The van der Waals surface area contributed by atoms with Crippen LogP contribution in [-0.2, 0) is 0 Å². The number of fused-ring (bicyclic) bond motifs is 1. The Morgan fingerprint density at radius 3 is 3.11 bits per heavy atom. The molecule has 3 rings (SSSR count). The molecular formula is C14H17N3S. The summed E-state index contributed by atoms with van der Waals surface area (Å²) in [5.74, 6) is 0.759. The summed E-state index contributed by atoms with van der Waals surface area (Å²) in [6.07, 6.45) is 3.27. The van der Waals surface area contributed by atoms with Crippen LogP contribution in [-0.4, -0.2) is 31.9 Å². The van der Waals surface area contributed by atoms with Gasteiger partial charge in [0, 0.05) is 30.6 Å². The van der Waals surface area contributed by atoms with E-state index in [1.807, 2.05) is 12.3 Å². The van der Waals surface area contributed by atoms with E-state index in [-0.39, 0.29) is 0 Å². The van der Waals surface area contributed by atoms with Crippen molar-refractivity contribution in [1.82, 2.24) is 5.32 Å². The Morgan fingerprint density at radius 2 is 2.33 bits per heavy atom. The zero-order valence-electron chi connectivity index (χ0n) is 10.5. The predicted octanol–water partition coefficient (Wildman–Crippen LogP) is 2.08. The van der Waals surface area contributed by atoms with E-state index in [2.05, 4.69) is 28.4 Å². The average molecular weight is 259 g/mol. The summed E-state index contributed by atoms with van der Waals surface area (Å²) in [7, 11) is 0. The van der Waals surface area contributed by atoms with E-state index in [4.69, 9.17) is 0 Å². The summed E-state index contributed by atoms with van der Waals surface area (Å²) in [6.45, 7) is 3.27. The third-order valence-corrected chi connectivity index (χ3v) is 4.87. The number of benzene rings is 1. The molecule has 2 aliphatic heterocycles. The zero-order valence-corrected chi connectivity index (χ0v) is 11.3. The first-order valence-electron chi connectivity index (χ1n) is 6.39. The average Bonchev–Trinajstić information content (AvgIpc) is 3.00. The lowest BCUT2D eigenvalue weighted by Crippen LogP contribution is -2.34. The number of nitrogens with one attached hydrogen (secondary N) is 1. The van der Waals surface area contributed by atoms with E-state index >= 15 is 0 Å². The van der Waals surface area contributed by atoms with Crippen LogP contribution in [0, 0.1) is 17.2 Å². The highest BCUT2D eigenvalue weighted by molar-refractivity contribution is 7.98. The van der Waals surface area contributed by atoms with Crippen LogP contribution in [0.4, 0.5) is 5.69 Å². The molecule has 0 saturated carbocycles. The number of rotatable bonds is 2. The molecular weight excluding hydrogens is 242 g/mol. The van der Waals surface area contributed by atoms with Crippen molar-refractivity contribution in [2.45, 2.75) is 17.4 Å². The highest BCUT2D eigenvalue weighted by atomic mass is 32.2. The summed E-state index contributed by atoms with van der Waals surface area (Å²) in [5.41, 5.74) is 1.97. The Balaban J connectivity index is 1.99. The van der Waals surface area contributed by atoms with Crippen molar-refractivity contribution < 1.29 is 0 Å². The lowest BCUT2D eigenvalue weighted by molar-refractivity contribution is 0.578. The van der Waals surface area contributed by atoms with Gasteiger partial charge in [-0.15, -0.1) is 11.8 Å². The second kappa shape index (κ2) is 4.83. The highest BCUT2D eigenvalue weighted by Crippen LogP contribution is 2.36. The molecule has 1 aromatic carbocycles. The SMILES string of the molecule is CSc1cccc(N2CC[C@H]3CNC[C@H]32)c1C#N. The number of hydrogen-bond acceptors (Lipinski definition) is 4. The highest BCUT2D eigenvalue weighted by Gasteiger charge is 2.38. The zero-order chi connectivity index (χ0) is 12.5. The summed E-state index contributed by atoms with van der Waals surface area (Å²) in [6, 6.07) is 9.17. The van der Waals surface area contributed by atoms with Gasteiger partial charge in [0.25, 0.3) is 0 Å². The molecule has 2 fully saturated rings. The first-order valence-corrected chi connectivity index (χ1v) is 7.62. The van der Waals surface area contributed by atoms with Gasteiger partial charge in [-0.1, -0.05) is 6.07 Å². The third kappa shape index (κ3) is 1.79. The van der Waals surface area contributed by atoms with E-state index in [0.717, 1.165) is 41.7 Å². The van der Waals surface area contributed by atoms with Crippen molar-refractivity contribution in [2.24, 2.45) is 5.92 Å². The fourth-order valence-electron chi connectivity index (χ4n) is 3.19. The number of hydrogen-bond donors (Lipinski definition) is 1. The maximum atomic E-state index is 9.43. The van der Waals surface area contributed by atoms with E-state index < -0.39 is 0 Å². The standard InChI is InChI=1S/C14H17N3S/c1-18-14-4-2-3-12(11(14)7-15)17-6-5-10-8-16-9-13(10)17/h2-4,10,13,16H,5-6,8-9H2,1H3/t10-,13+/m0/s1. The normalized spacial score (nSPS) is 26.1. The first-order chi connectivity index (χ1) is 8.85. The monoisotopic (exact) mass is 259 g/mol. The summed E-state index contributed by atoms with van der Waals surface area (Å²) >= 11 is 1.65. The van der Waals surface area contributed by atoms with E-state index in [1.165, 1.54) is 6.42 Å². The molecule has 0 spiro atoms. The van der Waals surface area contributed by atoms with Crippen molar-refractivity contribution in [2.75, 3.05) is 30.8 Å². The largest absolute Gasteiger partial charge is 0.366 e. The van der Waals surface area contributed by atoms with Gasteiger partial charge >= 0.3 is 0 Å². The van der Waals surface area contributed by atoms with Crippen LogP contribution in [0.2, 0.25) is 0 Å². The number of nitriles is 1. The molecule has 3 nitrogen and oxygen atoms in total. The summed E-state index contributed by atoms with van der Waals surface area (Å²) < 4.78 is 0. The maximum absolute atomic E-state index is 9.43. The van der Waals surface area contributed by atoms with E-state index in [9.17, 15) is 5.26 Å². The molecule has 1 N–H and O–H groups in total. The molecule has 0 aromatic heterocycles. The van der Waals surface area contributed by atoms with Gasteiger partial charge in [-0.2, -0.15) is 5.26 Å². The second-order valence-corrected chi connectivity index (χ2v) is 5.78. The van der Waals surface area contributed by atoms with Gasteiger partial charge in [0.1, 0.15) is 6.07 Å². The molecule has 0 aliphatic carbocycles. The predicted molar refractivity (Wildman–Crippen MR) is 75.0 cm³/mol. The number of nitrogens with zero attached hydrogens (tertiary/aromatic N) is 2. The van der Waals surface area contributed by atoms with Gasteiger partial charge in [-0.25, -0.2) is 0 Å². The minimum Gasteiger partial charge on any atom is -0.366 e. The van der Waals surface area contributed by atoms with Crippen LogP contribution < -0.4 is 10.2 Å². The first kappa shape index (κ1) is 11.9. The van der Waals surface area contributed by atoms with Crippen molar-refractivity contribution in [1.29, 1.82) is 5.26 Å². The van der Waals surface area contributed by atoms with Crippen molar-refractivity contribution in [3.8, 4) is 6.07 Å². The molecule has 1 aromatic rings. The van der Waals surface area contributed by atoms with Crippen molar-refractivity contribution in [3.05, 3.63) is 23.8 Å². The van der Waals surface area contributed by atoms with Crippen LogP contribution >= 0.6 is 11.8 Å². The fourth-order valence-corrected chi connectivity index (χ4v) is 3.76. The Bertz CT molecular complexity index is 494. The minimum absolute atomic E-state index is 0.578. The quantitative estimate of drug-likeness (QED) is 0.825. The molecule has 2 saturated heterocycles. The Kier molecular flexibility index (Phi) is 3.19.